The van der Waals surface area contributed by atoms with Crippen molar-refractivity contribution in [3.8, 4) is 0 Å². The average Bonchev–Trinajstić information content (AvgIpc) is 3.10. The molecule has 172 valence electrons. The number of likely N-dealkylation sites (tertiary alicyclic amines) is 1. The summed E-state index contributed by atoms with van der Waals surface area (Å²) in [6.07, 6.45) is 8.25. The maximum atomic E-state index is 13.3. The van der Waals surface area contributed by atoms with E-state index < -0.39 is 0 Å². The van der Waals surface area contributed by atoms with Crippen LogP contribution in [0.3, 0.4) is 0 Å². The number of rotatable bonds is 4. The normalized spacial score (nSPS) is 21.5. The van der Waals surface area contributed by atoms with Crippen LogP contribution < -0.4 is 4.90 Å². The number of carbonyl (C=O) groups is 3. The van der Waals surface area contributed by atoms with Gasteiger partial charge in [0.2, 0.25) is 5.91 Å². The van der Waals surface area contributed by atoms with E-state index in [2.05, 4.69) is 21.7 Å². The Labute approximate surface area is 194 Å². The average molecular weight is 447 g/mol. The number of imide groups is 1. The fourth-order valence-electron chi connectivity index (χ4n) is 5.42. The third kappa shape index (κ3) is 4.01. The van der Waals surface area contributed by atoms with Gasteiger partial charge in [0, 0.05) is 44.0 Å². The summed E-state index contributed by atoms with van der Waals surface area (Å²) in [6.45, 7) is 4.68. The first-order chi connectivity index (χ1) is 16.0. The molecule has 2 aromatic rings. The molecule has 33 heavy (non-hydrogen) atoms. The number of amides is 3. The molecule has 1 atom stereocenters. The SMILES string of the molecule is C[C@H]1CCCCN1C(=O)C1CCN(c2cccc3c2C(=O)N(Cc2ccncc2)C3=O)CC1. The number of aromatic nitrogens is 1. The first-order valence-corrected chi connectivity index (χ1v) is 12.0. The second kappa shape index (κ2) is 8.96. The Morgan fingerprint density at radius 1 is 0.970 bits per heavy atom. The Kier molecular flexibility index (Phi) is 5.87. The number of hydrogen-bond acceptors (Lipinski definition) is 5. The minimum absolute atomic E-state index is 0.0408. The summed E-state index contributed by atoms with van der Waals surface area (Å²) in [6, 6.07) is 9.47. The van der Waals surface area contributed by atoms with Gasteiger partial charge in [0.1, 0.15) is 0 Å². The number of fused-ring (bicyclic) bond motifs is 1. The lowest BCUT2D eigenvalue weighted by Gasteiger charge is -2.39. The maximum Gasteiger partial charge on any atom is 0.263 e. The quantitative estimate of drug-likeness (QED) is 0.672. The summed E-state index contributed by atoms with van der Waals surface area (Å²) in [4.78, 5) is 49.0. The van der Waals surface area contributed by atoms with Crippen molar-refractivity contribution in [3.63, 3.8) is 0 Å². The largest absolute Gasteiger partial charge is 0.371 e. The Balaban J connectivity index is 1.30. The van der Waals surface area contributed by atoms with Gasteiger partial charge in [-0.05, 0) is 68.9 Å². The van der Waals surface area contributed by atoms with Gasteiger partial charge in [-0.25, -0.2) is 0 Å². The first kappa shape index (κ1) is 21.6. The Morgan fingerprint density at radius 3 is 2.45 bits per heavy atom. The van der Waals surface area contributed by atoms with E-state index in [1.807, 2.05) is 24.3 Å². The molecule has 0 unspecified atom stereocenters. The van der Waals surface area contributed by atoms with Crippen molar-refractivity contribution in [1.29, 1.82) is 0 Å². The molecule has 1 aromatic carbocycles. The molecule has 0 saturated carbocycles. The van der Waals surface area contributed by atoms with Gasteiger partial charge in [-0.1, -0.05) is 6.07 Å². The first-order valence-electron chi connectivity index (χ1n) is 12.0. The summed E-state index contributed by atoms with van der Waals surface area (Å²) in [5, 5.41) is 0. The van der Waals surface area contributed by atoms with Crippen molar-refractivity contribution in [1.82, 2.24) is 14.8 Å². The Hall–Kier alpha value is -3.22. The monoisotopic (exact) mass is 446 g/mol. The van der Waals surface area contributed by atoms with E-state index in [4.69, 9.17) is 0 Å². The minimum Gasteiger partial charge on any atom is -0.371 e. The van der Waals surface area contributed by atoms with Crippen LogP contribution >= 0.6 is 0 Å². The highest BCUT2D eigenvalue weighted by atomic mass is 16.2. The van der Waals surface area contributed by atoms with Crippen LogP contribution in [0.15, 0.2) is 42.7 Å². The fraction of sp³-hybridized carbons (Fsp3) is 0.462. The standard InChI is InChI=1S/C26H30N4O3/c1-18-5-2-3-14-29(18)24(31)20-10-15-28(16-11-20)22-7-4-6-21-23(22)26(33)30(25(21)32)17-19-8-12-27-13-9-19/h4,6-9,12-13,18,20H,2-3,5,10-11,14-17H2,1H3/t18-/m0/s1. The number of benzene rings is 1. The fourth-order valence-corrected chi connectivity index (χ4v) is 5.42. The van der Waals surface area contributed by atoms with E-state index in [1.54, 1.807) is 18.5 Å². The topological polar surface area (TPSA) is 73.8 Å². The second-order valence-corrected chi connectivity index (χ2v) is 9.39. The second-order valence-electron chi connectivity index (χ2n) is 9.39. The van der Waals surface area contributed by atoms with E-state index >= 15 is 0 Å². The Morgan fingerprint density at radius 2 is 1.73 bits per heavy atom. The van der Waals surface area contributed by atoms with Crippen molar-refractivity contribution in [2.45, 2.75) is 51.6 Å². The van der Waals surface area contributed by atoms with Crippen molar-refractivity contribution < 1.29 is 14.4 Å². The molecule has 3 aliphatic heterocycles. The van der Waals surface area contributed by atoms with Crippen LogP contribution in [0.2, 0.25) is 0 Å². The number of anilines is 1. The van der Waals surface area contributed by atoms with Gasteiger partial charge in [0.25, 0.3) is 11.8 Å². The molecule has 1 aromatic heterocycles. The highest BCUT2D eigenvalue weighted by molar-refractivity contribution is 6.23. The summed E-state index contributed by atoms with van der Waals surface area (Å²) >= 11 is 0. The number of pyridine rings is 1. The van der Waals surface area contributed by atoms with Crippen molar-refractivity contribution >= 4 is 23.4 Å². The van der Waals surface area contributed by atoms with E-state index in [0.29, 0.717) is 30.3 Å². The molecule has 0 bridgehead atoms. The molecule has 7 heteroatoms. The molecule has 4 heterocycles. The van der Waals surface area contributed by atoms with Crippen LogP contribution in [0.5, 0.6) is 0 Å². The van der Waals surface area contributed by atoms with Crippen LogP contribution in [0.4, 0.5) is 5.69 Å². The number of hydrogen-bond donors (Lipinski definition) is 0. The number of carbonyl (C=O) groups excluding carboxylic acids is 3. The molecule has 0 radical (unpaired) electrons. The highest BCUT2D eigenvalue weighted by Gasteiger charge is 2.39. The summed E-state index contributed by atoms with van der Waals surface area (Å²) in [5.74, 6) is -0.172. The van der Waals surface area contributed by atoms with Crippen LogP contribution in [-0.4, -0.2) is 58.2 Å². The molecule has 0 N–H and O–H groups in total. The van der Waals surface area contributed by atoms with Gasteiger partial charge >= 0.3 is 0 Å². The molecule has 3 aliphatic rings. The van der Waals surface area contributed by atoms with E-state index in [9.17, 15) is 14.4 Å². The summed E-state index contributed by atoms with van der Waals surface area (Å²) < 4.78 is 0. The van der Waals surface area contributed by atoms with Crippen LogP contribution in [0.1, 0.15) is 65.3 Å². The van der Waals surface area contributed by atoms with Crippen LogP contribution in [-0.2, 0) is 11.3 Å². The van der Waals surface area contributed by atoms with Gasteiger partial charge in [-0.15, -0.1) is 0 Å². The minimum atomic E-state index is -0.252. The Bertz CT molecular complexity index is 1060. The lowest BCUT2D eigenvalue weighted by atomic mass is 9.92. The summed E-state index contributed by atoms with van der Waals surface area (Å²) in [5.41, 5.74) is 2.63. The third-order valence-electron chi connectivity index (χ3n) is 7.34. The zero-order valence-corrected chi connectivity index (χ0v) is 19.1. The lowest BCUT2D eigenvalue weighted by molar-refractivity contribution is -0.139. The predicted octanol–water partition coefficient (Wildman–Crippen LogP) is 3.50. The van der Waals surface area contributed by atoms with E-state index in [-0.39, 0.29) is 30.2 Å². The zero-order chi connectivity index (χ0) is 22.9. The lowest BCUT2D eigenvalue weighted by Crippen LogP contribution is -2.48. The zero-order valence-electron chi connectivity index (χ0n) is 19.1. The number of piperidine rings is 2. The molecule has 0 spiro atoms. The van der Waals surface area contributed by atoms with Gasteiger partial charge < -0.3 is 9.80 Å². The van der Waals surface area contributed by atoms with Crippen LogP contribution in [0, 0.1) is 5.92 Å². The molecule has 5 rings (SSSR count). The molecular formula is C26H30N4O3. The van der Waals surface area contributed by atoms with Crippen molar-refractivity contribution in [2.75, 3.05) is 24.5 Å². The van der Waals surface area contributed by atoms with Gasteiger partial charge in [0.15, 0.2) is 0 Å². The van der Waals surface area contributed by atoms with Gasteiger partial charge in [0.05, 0.1) is 23.4 Å². The number of nitrogens with zero attached hydrogens (tertiary/aromatic N) is 4. The van der Waals surface area contributed by atoms with E-state index in [1.165, 1.54) is 11.3 Å². The molecular weight excluding hydrogens is 416 g/mol. The maximum absolute atomic E-state index is 13.3. The van der Waals surface area contributed by atoms with Crippen molar-refractivity contribution in [2.24, 2.45) is 5.92 Å². The smallest absolute Gasteiger partial charge is 0.263 e. The van der Waals surface area contributed by atoms with Gasteiger partial charge in [-0.2, -0.15) is 0 Å². The molecule has 7 nitrogen and oxygen atoms in total. The molecule has 3 amide bonds. The van der Waals surface area contributed by atoms with Crippen molar-refractivity contribution in [3.05, 3.63) is 59.4 Å². The predicted molar refractivity (Wildman–Crippen MR) is 125 cm³/mol. The highest BCUT2D eigenvalue weighted by Crippen LogP contribution is 2.35. The third-order valence-corrected chi connectivity index (χ3v) is 7.34. The molecule has 2 fully saturated rings. The summed E-state index contributed by atoms with van der Waals surface area (Å²) in [7, 11) is 0. The van der Waals surface area contributed by atoms with E-state index in [0.717, 1.165) is 43.5 Å². The molecule has 2 saturated heterocycles. The van der Waals surface area contributed by atoms with Crippen LogP contribution in [0.25, 0.3) is 0 Å². The van der Waals surface area contributed by atoms with Gasteiger partial charge in [-0.3, -0.25) is 24.3 Å². The molecule has 0 aliphatic carbocycles.